The molecular formula is C11H15ClN4O2S. The summed E-state index contributed by atoms with van der Waals surface area (Å²) >= 11 is 1.24. The van der Waals surface area contributed by atoms with Crippen LogP contribution >= 0.6 is 23.7 Å². The van der Waals surface area contributed by atoms with Crippen LogP contribution in [0.2, 0.25) is 0 Å². The van der Waals surface area contributed by atoms with Crippen LogP contribution in [0.15, 0.2) is 22.8 Å². The lowest BCUT2D eigenvalue weighted by molar-refractivity contribution is -0.118. The highest BCUT2D eigenvalue weighted by Gasteiger charge is 2.19. The maximum Gasteiger partial charge on any atom is 0.243 e. The third-order valence-electron chi connectivity index (χ3n) is 2.41. The van der Waals surface area contributed by atoms with Gasteiger partial charge in [0.05, 0.1) is 12.3 Å². The zero-order valence-electron chi connectivity index (χ0n) is 10.5. The summed E-state index contributed by atoms with van der Waals surface area (Å²) in [7, 11) is 0. The highest BCUT2D eigenvalue weighted by molar-refractivity contribution is 7.18. The second-order valence-electron chi connectivity index (χ2n) is 4.15. The van der Waals surface area contributed by atoms with E-state index >= 15 is 0 Å². The molecule has 2 rings (SSSR count). The molecule has 104 valence electrons. The largest absolute Gasteiger partial charge is 0.462 e. The van der Waals surface area contributed by atoms with E-state index in [0.717, 1.165) is 0 Å². The molecule has 0 radical (unpaired) electrons. The molecular weight excluding hydrogens is 288 g/mol. The Morgan fingerprint density at radius 2 is 2.21 bits per heavy atom. The standard InChI is InChI=1S/C11H14N4O2S.ClH/c1-6(2)8(12)9(16)13-11-15-14-10(18-11)7-4-3-5-17-7;/h3-6,8H,12H2,1-2H3,(H,13,15,16);1H. The van der Waals surface area contributed by atoms with Gasteiger partial charge in [-0.2, -0.15) is 0 Å². The number of nitrogens with two attached hydrogens (primary N) is 1. The summed E-state index contributed by atoms with van der Waals surface area (Å²) in [6.45, 7) is 3.78. The summed E-state index contributed by atoms with van der Waals surface area (Å²) < 4.78 is 5.19. The molecule has 0 saturated heterocycles. The Labute approximate surface area is 120 Å². The van der Waals surface area contributed by atoms with Gasteiger partial charge in [-0.1, -0.05) is 25.2 Å². The van der Waals surface area contributed by atoms with Crippen molar-refractivity contribution in [3.63, 3.8) is 0 Å². The Bertz CT molecular complexity index is 527. The van der Waals surface area contributed by atoms with E-state index in [0.29, 0.717) is 15.9 Å². The number of aromatic nitrogens is 2. The van der Waals surface area contributed by atoms with Crippen LogP contribution in [-0.4, -0.2) is 22.1 Å². The van der Waals surface area contributed by atoms with Crippen LogP contribution < -0.4 is 11.1 Å². The minimum Gasteiger partial charge on any atom is -0.462 e. The number of hydrogen-bond acceptors (Lipinski definition) is 6. The van der Waals surface area contributed by atoms with Crippen LogP contribution in [0.3, 0.4) is 0 Å². The Kier molecular flexibility index (Phi) is 5.46. The van der Waals surface area contributed by atoms with Crippen molar-refractivity contribution in [2.24, 2.45) is 11.7 Å². The number of rotatable bonds is 4. The normalized spacial score (nSPS) is 12.0. The van der Waals surface area contributed by atoms with Crippen LogP contribution in [0.4, 0.5) is 5.13 Å². The summed E-state index contributed by atoms with van der Waals surface area (Å²) in [6, 6.07) is 3.00. The van der Waals surface area contributed by atoms with E-state index in [1.54, 1.807) is 18.4 Å². The van der Waals surface area contributed by atoms with E-state index in [1.165, 1.54) is 11.3 Å². The van der Waals surface area contributed by atoms with Crippen LogP contribution in [0.5, 0.6) is 0 Å². The first-order chi connectivity index (χ1) is 8.58. The smallest absolute Gasteiger partial charge is 0.243 e. The molecule has 8 heteroatoms. The Balaban J connectivity index is 0.00000180. The zero-order valence-corrected chi connectivity index (χ0v) is 12.1. The van der Waals surface area contributed by atoms with Crippen LogP contribution in [0, 0.1) is 5.92 Å². The molecule has 0 spiro atoms. The van der Waals surface area contributed by atoms with Crippen molar-refractivity contribution < 1.29 is 9.21 Å². The first-order valence-corrected chi connectivity index (χ1v) is 6.33. The molecule has 1 amide bonds. The number of amides is 1. The SMILES string of the molecule is CC(C)C(N)C(=O)Nc1nnc(-c2ccco2)s1.Cl. The first-order valence-electron chi connectivity index (χ1n) is 5.51. The molecule has 1 atom stereocenters. The monoisotopic (exact) mass is 302 g/mol. The molecule has 6 nitrogen and oxygen atoms in total. The van der Waals surface area contributed by atoms with Gasteiger partial charge in [0.25, 0.3) is 0 Å². The average Bonchev–Trinajstić information content (AvgIpc) is 2.96. The number of carbonyl (C=O) groups excluding carboxylic acids is 1. The Morgan fingerprint density at radius 3 is 2.79 bits per heavy atom. The number of hydrogen-bond donors (Lipinski definition) is 2. The third kappa shape index (κ3) is 3.76. The number of nitrogens with one attached hydrogen (secondary N) is 1. The summed E-state index contributed by atoms with van der Waals surface area (Å²) in [6.07, 6.45) is 1.56. The molecule has 3 N–H and O–H groups in total. The van der Waals surface area contributed by atoms with Crippen LogP contribution in [-0.2, 0) is 4.79 Å². The number of anilines is 1. The van der Waals surface area contributed by atoms with Gasteiger partial charge in [-0.15, -0.1) is 22.6 Å². The summed E-state index contributed by atoms with van der Waals surface area (Å²) in [5, 5.41) is 11.5. The summed E-state index contributed by atoms with van der Waals surface area (Å²) in [5.41, 5.74) is 5.74. The second-order valence-corrected chi connectivity index (χ2v) is 5.13. The van der Waals surface area contributed by atoms with E-state index in [4.69, 9.17) is 10.2 Å². The molecule has 2 heterocycles. The van der Waals surface area contributed by atoms with Gasteiger partial charge < -0.3 is 10.2 Å². The fourth-order valence-electron chi connectivity index (χ4n) is 1.27. The van der Waals surface area contributed by atoms with Crippen LogP contribution in [0.1, 0.15) is 13.8 Å². The molecule has 0 fully saturated rings. The predicted molar refractivity (Wildman–Crippen MR) is 76.3 cm³/mol. The third-order valence-corrected chi connectivity index (χ3v) is 3.26. The van der Waals surface area contributed by atoms with Gasteiger partial charge in [-0.05, 0) is 18.1 Å². The van der Waals surface area contributed by atoms with Gasteiger partial charge in [0, 0.05) is 0 Å². The van der Waals surface area contributed by atoms with E-state index in [-0.39, 0.29) is 24.2 Å². The topological polar surface area (TPSA) is 94.0 Å². The zero-order chi connectivity index (χ0) is 13.1. The molecule has 0 aromatic carbocycles. The van der Waals surface area contributed by atoms with Gasteiger partial charge in [0.1, 0.15) is 0 Å². The van der Waals surface area contributed by atoms with Crippen LogP contribution in [0.25, 0.3) is 10.8 Å². The average molecular weight is 303 g/mol. The van der Waals surface area contributed by atoms with Crippen molar-refractivity contribution in [1.82, 2.24) is 10.2 Å². The minimum absolute atomic E-state index is 0. The maximum atomic E-state index is 11.7. The lowest BCUT2D eigenvalue weighted by atomic mass is 10.1. The molecule has 0 saturated carbocycles. The molecule has 1 unspecified atom stereocenters. The maximum absolute atomic E-state index is 11.7. The van der Waals surface area contributed by atoms with Gasteiger partial charge >= 0.3 is 0 Å². The van der Waals surface area contributed by atoms with Gasteiger partial charge in [-0.25, -0.2) is 0 Å². The van der Waals surface area contributed by atoms with Gasteiger partial charge in [-0.3, -0.25) is 10.1 Å². The van der Waals surface area contributed by atoms with E-state index in [1.807, 2.05) is 13.8 Å². The first kappa shape index (κ1) is 15.6. The number of furan rings is 1. The van der Waals surface area contributed by atoms with Crippen molar-refractivity contribution in [3.05, 3.63) is 18.4 Å². The molecule has 0 aliphatic carbocycles. The predicted octanol–water partition coefficient (Wildman–Crippen LogP) is 2.14. The second kappa shape index (κ2) is 6.65. The van der Waals surface area contributed by atoms with Gasteiger partial charge in [0.15, 0.2) is 10.8 Å². The molecule has 0 bridgehead atoms. The van der Waals surface area contributed by atoms with Crippen molar-refractivity contribution in [2.45, 2.75) is 19.9 Å². The van der Waals surface area contributed by atoms with E-state index < -0.39 is 6.04 Å². The molecule has 2 aromatic rings. The van der Waals surface area contributed by atoms with E-state index in [2.05, 4.69) is 15.5 Å². The van der Waals surface area contributed by atoms with Crippen molar-refractivity contribution >= 4 is 34.8 Å². The number of nitrogens with zero attached hydrogens (tertiary/aromatic N) is 2. The lowest BCUT2D eigenvalue weighted by Gasteiger charge is -2.13. The quantitative estimate of drug-likeness (QED) is 0.902. The fourth-order valence-corrected chi connectivity index (χ4v) is 1.98. The number of carbonyl (C=O) groups is 1. The molecule has 0 aliphatic heterocycles. The summed E-state index contributed by atoms with van der Waals surface area (Å²) in [4.78, 5) is 11.7. The molecule has 2 aromatic heterocycles. The number of halogens is 1. The van der Waals surface area contributed by atoms with Crippen molar-refractivity contribution in [3.8, 4) is 10.8 Å². The Hall–Kier alpha value is -1.44. The highest BCUT2D eigenvalue weighted by Crippen LogP contribution is 2.26. The van der Waals surface area contributed by atoms with Crippen molar-refractivity contribution in [2.75, 3.05) is 5.32 Å². The highest BCUT2D eigenvalue weighted by atomic mass is 35.5. The minimum atomic E-state index is -0.555. The lowest BCUT2D eigenvalue weighted by Crippen LogP contribution is -2.39. The van der Waals surface area contributed by atoms with E-state index in [9.17, 15) is 4.79 Å². The van der Waals surface area contributed by atoms with Crippen molar-refractivity contribution in [1.29, 1.82) is 0 Å². The molecule has 0 aliphatic rings. The van der Waals surface area contributed by atoms with Gasteiger partial charge in [0.2, 0.25) is 11.0 Å². The summed E-state index contributed by atoms with van der Waals surface area (Å²) in [5.74, 6) is 0.441. The Morgan fingerprint density at radius 1 is 1.47 bits per heavy atom. The fraction of sp³-hybridized carbons (Fsp3) is 0.364. The molecule has 19 heavy (non-hydrogen) atoms.